The van der Waals surface area contributed by atoms with E-state index in [9.17, 15) is 4.79 Å². The molecule has 2 amide bonds. The van der Waals surface area contributed by atoms with E-state index in [4.69, 9.17) is 18.9 Å². The van der Waals surface area contributed by atoms with E-state index in [1.54, 1.807) is 21.3 Å². The summed E-state index contributed by atoms with van der Waals surface area (Å²) in [5.74, 6) is 2.17. The number of rotatable bonds is 11. The standard InChI is InChI=1S/C26H30N2O5/c1-30-23-10-7-20(8-11-23)17-33-18-21-5-4-6-22(15-21)28-26(29)27-14-13-19-9-12-24(31-2)25(16-19)32-3/h4-12,15-16H,13-14,17-18H2,1-3H3,(H2,27,28,29). The molecular formula is C26H30N2O5. The smallest absolute Gasteiger partial charge is 0.319 e. The molecule has 3 aromatic carbocycles. The van der Waals surface area contributed by atoms with E-state index in [0.717, 1.165) is 22.4 Å². The maximum Gasteiger partial charge on any atom is 0.319 e. The predicted octanol–water partition coefficient (Wildman–Crippen LogP) is 4.79. The van der Waals surface area contributed by atoms with Crippen molar-refractivity contribution < 1.29 is 23.7 Å². The summed E-state index contributed by atoms with van der Waals surface area (Å²) >= 11 is 0. The van der Waals surface area contributed by atoms with Gasteiger partial charge in [-0.25, -0.2) is 4.79 Å². The number of ether oxygens (including phenoxy) is 4. The van der Waals surface area contributed by atoms with E-state index in [0.29, 0.717) is 43.4 Å². The highest BCUT2D eigenvalue weighted by Crippen LogP contribution is 2.27. The van der Waals surface area contributed by atoms with Gasteiger partial charge in [-0.05, 0) is 59.5 Å². The van der Waals surface area contributed by atoms with Crippen LogP contribution in [0.15, 0.2) is 66.7 Å². The Morgan fingerprint density at radius 1 is 0.758 bits per heavy atom. The van der Waals surface area contributed by atoms with Gasteiger partial charge in [-0.3, -0.25) is 0 Å². The second kappa shape index (κ2) is 12.4. The maximum atomic E-state index is 12.3. The minimum Gasteiger partial charge on any atom is -0.497 e. The molecule has 0 saturated carbocycles. The molecule has 3 rings (SSSR count). The quantitative estimate of drug-likeness (QED) is 0.439. The number of nitrogens with one attached hydrogen (secondary N) is 2. The SMILES string of the molecule is COc1ccc(COCc2cccc(NC(=O)NCCc3ccc(OC)c(OC)c3)c2)cc1. The van der Waals surface area contributed by atoms with Gasteiger partial charge < -0.3 is 29.6 Å². The Morgan fingerprint density at radius 3 is 2.21 bits per heavy atom. The van der Waals surface area contributed by atoms with Crippen LogP contribution in [0.4, 0.5) is 10.5 Å². The summed E-state index contributed by atoms with van der Waals surface area (Å²) in [6.45, 7) is 1.44. The van der Waals surface area contributed by atoms with Crippen LogP contribution in [-0.4, -0.2) is 33.9 Å². The van der Waals surface area contributed by atoms with Crippen LogP contribution >= 0.6 is 0 Å². The van der Waals surface area contributed by atoms with E-state index < -0.39 is 0 Å². The second-order valence-electron chi connectivity index (χ2n) is 7.36. The highest BCUT2D eigenvalue weighted by molar-refractivity contribution is 5.89. The van der Waals surface area contributed by atoms with Crippen LogP contribution < -0.4 is 24.8 Å². The molecule has 0 unspecified atom stereocenters. The van der Waals surface area contributed by atoms with Crippen LogP contribution in [0.25, 0.3) is 0 Å². The molecule has 7 nitrogen and oxygen atoms in total. The van der Waals surface area contributed by atoms with E-state index in [-0.39, 0.29) is 6.03 Å². The molecule has 0 fully saturated rings. The number of carbonyl (C=O) groups excluding carboxylic acids is 1. The summed E-state index contributed by atoms with van der Waals surface area (Å²) in [6, 6.07) is 20.8. The third-order valence-corrected chi connectivity index (χ3v) is 5.03. The first-order valence-electron chi connectivity index (χ1n) is 10.7. The van der Waals surface area contributed by atoms with Gasteiger partial charge in [0.2, 0.25) is 0 Å². The minimum atomic E-state index is -0.258. The lowest BCUT2D eigenvalue weighted by molar-refractivity contribution is 0.107. The highest BCUT2D eigenvalue weighted by atomic mass is 16.5. The third kappa shape index (κ3) is 7.43. The minimum absolute atomic E-state index is 0.258. The fourth-order valence-corrected chi connectivity index (χ4v) is 3.28. The lowest BCUT2D eigenvalue weighted by Crippen LogP contribution is -2.30. The van der Waals surface area contributed by atoms with Crippen LogP contribution in [0.3, 0.4) is 0 Å². The van der Waals surface area contributed by atoms with Gasteiger partial charge in [0.05, 0.1) is 34.5 Å². The van der Waals surface area contributed by atoms with Crippen molar-refractivity contribution in [3.63, 3.8) is 0 Å². The van der Waals surface area contributed by atoms with Gasteiger partial charge >= 0.3 is 6.03 Å². The predicted molar refractivity (Wildman–Crippen MR) is 128 cm³/mol. The summed E-state index contributed by atoms with van der Waals surface area (Å²) in [5.41, 5.74) is 3.80. The fraction of sp³-hybridized carbons (Fsp3) is 0.269. The molecule has 0 bridgehead atoms. The Kier molecular flexibility index (Phi) is 8.97. The van der Waals surface area contributed by atoms with E-state index in [2.05, 4.69) is 10.6 Å². The van der Waals surface area contributed by atoms with Crippen molar-refractivity contribution in [1.29, 1.82) is 0 Å². The Hall–Kier alpha value is -3.71. The largest absolute Gasteiger partial charge is 0.497 e. The summed E-state index contributed by atoms with van der Waals surface area (Å²) in [5, 5.41) is 5.74. The molecule has 174 valence electrons. The molecule has 0 atom stereocenters. The molecule has 0 heterocycles. The molecule has 3 aromatic rings. The molecular weight excluding hydrogens is 420 g/mol. The number of hydrogen-bond acceptors (Lipinski definition) is 5. The highest BCUT2D eigenvalue weighted by Gasteiger charge is 2.06. The Bertz CT molecular complexity index is 1040. The first kappa shape index (κ1) is 23.9. The van der Waals surface area contributed by atoms with Crippen LogP contribution in [0.2, 0.25) is 0 Å². The molecule has 2 N–H and O–H groups in total. The molecule has 0 aliphatic heterocycles. The van der Waals surface area contributed by atoms with Crippen molar-refractivity contribution in [2.75, 3.05) is 33.2 Å². The summed E-state index contributed by atoms with van der Waals surface area (Å²) in [7, 11) is 4.85. The van der Waals surface area contributed by atoms with Gasteiger partial charge in [0.1, 0.15) is 5.75 Å². The second-order valence-corrected chi connectivity index (χ2v) is 7.36. The van der Waals surface area contributed by atoms with Gasteiger partial charge in [-0.15, -0.1) is 0 Å². The van der Waals surface area contributed by atoms with Gasteiger partial charge in [0.25, 0.3) is 0 Å². The molecule has 0 aliphatic rings. The maximum absolute atomic E-state index is 12.3. The van der Waals surface area contributed by atoms with Crippen LogP contribution in [0.5, 0.6) is 17.2 Å². The van der Waals surface area contributed by atoms with Crippen molar-refractivity contribution in [2.24, 2.45) is 0 Å². The number of anilines is 1. The number of benzene rings is 3. The van der Waals surface area contributed by atoms with Crippen molar-refractivity contribution in [1.82, 2.24) is 5.32 Å². The van der Waals surface area contributed by atoms with Crippen LogP contribution in [0, 0.1) is 0 Å². The van der Waals surface area contributed by atoms with E-state index in [1.807, 2.05) is 66.7 Å². The number of amides is 2. The topological polar surface area (TPSA) is 78.1 Å². The lowest BCUT2D eigenvalue weighted by Gasteiger charge is -2.11. The van der Waals surface area contributed by atoms with Crippen molar-refractivity contribution in [3.8, 4) is 17.2 Å². The van der Waals surface area contributed by atoms with Gasteiger partial charge in [-0.2, -0.15) is 0 Å². The fourth-order valence-electron chi connectivity index (χ4n) is 3.28. The molecule has 0 aromatic heterocycles. The van der Waals surface area contributed by atoms with Gasteiger partial charge in [0.15, 0.2) is 11.5 Å². The van der Waals surface area contributed by atoms with Gasteiger partial charge in [-0.1, -0.05) is 30.3 Å². The van der Waals surface area contributed by atoms with Crippen LogP contribution in [0.1, 0.15) is 16.7 Å². The average Bonchev–Trinajstić information content (AvgIpc) is 2.84. The molecule has 0 saturated heterocycles. The van der Waals surface area contributed by atoms with Crippen molar-refractivity contribution in [3.05, 3.63) is 83.4 Å². The summed E-state index contributed by atoms with van der Waals surface area (Å²) in [6.07, 6.45) is 0.674. The monoisotopic (exact) mass is 450 g/mol. The van der Waals surface area contributed by atoms with Crippen LogP contribution in [-0.2, 0) is 24.4 Å². The Labute approximate surface area is 194 Å². The zero-order valence-corrected chi connectivity index (χ0v) is 19.2. The number of carbonyl (C=O) groups is 1. The Balaban J connectivity index is 1.43. The zero-order chi connectivity index (χ0) is 23.5. The average molecular weight is 451 g/mol. The lowest BCUT2D eigenvalue weighted by atomic mass is 10.1. The van der Waals surface area contributed by atoms with Crippen molar-refractivity contribution in [2.45, 2.75) is 19.6 Å². The normalized spacial score (nSPS) is 10.4. The Morgan fingerprint density at radius 2 is 1.48 bits per heavy atom. The molecule has 33 heavy (non-hydrogen) atoms. The molecule has 7 heteroatoms. The first-order chi connectivity index (χ1) is 16.1. The molecule has 0 aliphatic carbocycles. The van der Waals surface area contributed by atoms with E-state index >= 15 is 0 Å². The number of urea groups is 1. The zero-order valence-electron chi connectivity index (χ0n) is 19.2. The van der Waals surface area contributed by atoms with E-state index in [1.165, 1.54) is 0 Å². The summed E-state index contributed by atoms with van der Waals surface area (Å²) in [4.78, 5) is 12.3. The van der Waals surface area contributed by atoms with Gasteiger partial charge in [0, 0.05) is 12.2 Å². The molecule has 0 radical (unpaired) electrons. The molecule has 0 spiro atoms. The summed E-state index contributed by atoms with van der Waals surface area (Å²) < 4.78 is 21.5. The number of methoxy groups -OCH3 is 3. The number of hydrogen-bond donors (Lipinski definition) is 2. The first-order valence-corrected chi connectivity index (χ1v) is 10.7. The third-order valence-electron chi connectivity index (χ3n) is 5.03. The van der Waals surface area contributed by atoms with Crippen molar-refractivity contribution >= 4 is 11.7 Å².